The van der Waals surface area contributed by atoms with E-state index in [1.165, 1.54) is 18.3 Å². The molecule has 1 aromatic heterocycles. The van der Waals surface area contributed by atoms with Gasteiger partial charge in [-0.25, -0.2) is 4.98 Å². The lowest BCUT2D eigenvalue weighted by Gasteiger charge is -2.13. The van der Waals surface area contributed by atoms with Gasteiger partial charge in [-0.3, -0.25) is 9.59 Å². The van der Waals surface area contributed by atoms with Crippen molar-refractivity contribution in [2.45, 2.75) is 32.2 Å². The second-order valence-electron chi connectivity index (χ2n) is 7.58. The lowest BCUT2D eigenvalue weighted by atomic mass is 10.1. The van der Waals surface area contributed by atoms with Crippen molar-refractivity contribution in [2.24, 2.45) is 5.92 Å². The van der Waals surface area contributed by atoms with E-state index in [1.54, 1.807) is 0 Å². The second-order valence-corrected chi connectivity index (χ2v) is 8.87. The van der Waals surface area contributed by atoms with Gasteiger partial charge < -0.3 is 10.6 Å². The quantitative estimate of drug-likeness (QED) is 0.540. The van der Waals surface area contributed by atoms with Gasteiger partial charge in [-0.1, -0.05) is 48.0 Å². The van der Waals surface area contributed by atoms with Crippen LogP contribution in [0.1, 0.15) is 43.4 Å². The van der Waals surface area contributed by atoms with Crippen LogP contribution >= 0.6 is 22.9 Å². The van der Waals surface area contributed by atoms with Crippen LogP contribution in [0.4, 0.5) is 5.13 Å². The van der Waals surface area contributed by atoms with E-state index >= 15 is 0 Å². The second kappa shape index (κ2) is 8.58. The number of thiazole rings is 1. The average molecular weight is 440 g/mol. The first-order valence-electron chi connectivity index (χ1n) is 9.80. The summed E-state index contributed by atoms with van der Waals surface area (Å²) in [5.41, 5.74) is 3.92. The van der Waals surface area contributed by atoms with Crippen LogP contribution in [0, 0.1) is 5.92 Å². The van der Waals surface area contributed by atoms with Gasteiger partial charge in [0, 0.05) is 28.8 Å². The molecular formula is C23H22ClN3O2S. The molecule has 1 heterocycles. The molecule has 1 fully saturated rings. The van der Waals surface area contributed by atoms with Crippen LogP contribution in [0.2, 0.25) is 5.02 Å². The molecular weight excluding hydrogens is 418 g/mol. The third-order valence-electron chi connectivity index (χ3n) is 5.26. The Balaban J connectivity index is 1.37. The van der Waals surface area contributed by atoms with E-state index in [0.717, 1.165) is 28.8 Å². The highest BCUT2D eigenvalue weighted by Crippen LogP contribution is 2.48. The van der Waals surface area contributed by atoms with Gasteiger partial charge in [0.15, 0.2) is 5.13 Å². The number of hydrogen-bond donors (Lipinski definition) is 2. The molecule has 0 spiro atoms. The van der Waals surface area contributed by atoms with E-state index in [1.807, 2.05) is 60.8 Å². The van der Waals surface area contributed by atoms with Crippen molar-refractivity contribution in [1.82, 2.24) is 10.3 Å². The molecule has 1 saturated carbocycles. The van der Waals surface area contributed by atoms with Gasteiger partial charge in [0.1, 0.15) is 0 Å². The van der Waals surface area contributed by atoms with Gasteiger partial charge in [0.25, 0.3) is 0 Å². The van der Waals surface area contributed by atoms with Crippen LogP contribution in [-0.4, -0.2) is 16.8 Å². The molecule has 4 rings (SSSR count). The number of nitrogens with zero attached hydrogens (tertiary/aromatic N) is 1. The zero-order valence-corrected chi connectivity index (χ0v) is 18.3. The predicted octanol–water partition coefficient (Wildman–Crippen LogP) is 5.40. The Labute approximate surface area is 184 Å². The number of carbonyl (C=O) groups excluding carboxylic acids is 2. The highest BCUT2D eigenvalue weighted by molar-refractivity contribution is 7.14. The molecule has 2 aromatic carbocycles. The number of amides is 2. The summed E-state index contributed by atoms with van der Waals surface area (Å²) in [7, 11) is 0. The lowest BCUT2D eigenvalue weighted by molar-refractivity contribution is -0.119. The molecule has 2 N–H and O–H groups in total. The topological polar surface area (TPSA) is 71.1 Å². The van der Waals surface area contributed by atoms with Gasteiger partial charge in [0.2, 0.25) is 11.8 Å². The van der Waals surface area contributed by atoms with Crippen molar-refractivity contribution < 1.29 is 9.59 Å². The van der Waals surface area contributed by atoms with E-state index in [9.17, 15) is 9.59 Å². The van der Waals surface area contributed by atoms with Crippen molar-refractivity contribution in [2.75, 3.05) is 5.32 Å². The Morgan fingerprint density at radius 1 is 1.20 bits per heavy atom. The monoisotopic (exact) mass is 439 g/mol. The zero-order chi connectivity index (χ0) is 21.3. The highest BCUT2D eigenvalue weighted by Gasteiger charge is 2.44. The molecule has 3 aromatic rings. The molecule has 154 valence electrons. The molecule has 30 heavy (non-hydrogen) atoms. The summed E-state index contributed by atoms with van der Waals surface area (Å²) >= 11 is 7.47. The predicted molar refractivity (Wildman–Crippen MR) is 121 cm³/mol. The number of benzene rings is 2. The molecule has 1 aliphatic rings. The Morgan fingerprint density at radius 3 is 2.67 bits per heavy atom. The fourth-order valence-corrected chi connectivity index (χ4v) is 4.50. The molecule has 5 nitrogen and oxygen atoms in total. The van der Waals surface area contributed by atoms with E-state index in [4.69, 9.17) is 11.6 Å². The van der Waals surface area contributed by atoms with Crippen molar-refractivity contribution in [3.8, 4) is 11.3 Å². The van der Waals surface area contributed by atoms with Gasteiger partial charge in [-0.2, -0.15) is 0 Å². The lowest BCUT2D eigenvalue weighted by Crippen LogP contribution is -2.23. The SMILES string of the molecule is CC(=O)NC(C)c1ccc(-c2csc(NC(=O)C3CC3c3cccc(Cl)c3)n2)cc1. The number of nitrogens with one attached hydrogen (secondary N) is 2. The van der Waals surface area contributed by atoms with Crippen molar-refractivity contribution in [3.63, 3.8) is 0 Å². The van der Waals surface area contributed by atoms with Crippen molar-refractivity contribution in [3.05, 3.63) is 70.1 Å². The summed E-state index contributed by atoms with van der Waals surface area (Å²) in [6.07, 6.45) is 0.832. The molecule has 2 amide bonds. The first-order valence-corrected chi connectivity index (χ1v) is 11.1. The molecule has 0 radical (unpaired) electrons. The van der Waals surface area contributed by atoms with Crippen LogP contribution in [0.3, 0.4) is 0 Å². The number of hydrogen-bond acceptors (Lipinski definition) is 4. The van der Waals surface area contributed by atoms with Crippen LogP contribution in [0.25, 0.3) is 11.3 Å². The van der Waals surface area contributed by atoms with Gasteiger partial charge >= 0.3 is 0 Å². The maximum absolute atomic E-state index is 12.6. The number of rotatable bonds is 6. The largest absolute Gasteiger partial charge is 0.350 e. The smallest absolute Gasteiger partial charge is 0.229 e. The normalized spacial score (nSPS) is 18.5. The van der Waals surface area contributed by atoms with Gasteiger partial charge in [-0.15, -0.1) is 11.3 Å². The molecule has 0 aliphatic heterocycles. The van der Waals surface area contributed by atoms with Gasteiger partial charge in [0.05, 0.1) is 11.7 Å². The van der Waals surface area contributed by atoms with Crippen molar-refractivity contribution in [1.29, 1.82) is 0 Å². The van der Waals surface area contributed by atoms with Gasteiger partial charge in [-0.05, 0) is 42.5 Å². The van der Waals surface area contributed by atoms with Crippen LogP contribution < -0.4 is 10.6 Å². The zero-order valence-electron chi connectivity index (χ0n) is 16.7. The third kappa shape index (κ3) is 4.71. The van der Waals surface area contributed by atoms with Crippen LogP contribution in [0.15, 0.2) is 53.9 Å². The maximum atomic E-state index is 12.6. The molecule has 7 heteroatoms. The summed E-state index contributed by atoms with van der Waals surface area (Å²) in [6, 6.07) is 15.6. The van der Waals surface area contributed by atoms with E-state index in [2.05, 4.69) is 15.6 Å². The summed E-state index contributed by atoms with van der Waals surface area (Å²) in [4.78, 5) is 28.4. The molecule has 0 bridgehead atoms. The molecule has 3 unspecified atom stereocenters. The minimum atomic E-state index is -0.0558. The first-order chi connectivity index (χ1) is 14.4. The maximum Gasteiger partial charge on any atom is 0.229 e. The number of anilines is 1. The summed E-state index contributed by atoms with van der Waals surface area (Å²) in [6.45, 7) is 3.45. The number of aromatic nitrogens is 1. The molecule has 0 saturated heterocycles. The Kier molecular flexibility index (Phi) is 5.88. The third-order valence-corrected chi connectivity index (χ3v) is 6.26. The minimum absolute atomic E-state index is 0.000329. The fraction of sp³-hybridized carbons (Fsp3) is 0.261. The minimum Gasteiger partial charge on any atom is -0.350 e. The average Bonchev–Trinajstić information content (AvgIpc) is 3.40. The highest BCUT2D eigenvalue weighted by atomic mass is 35.5. The summed E-state index contributed by atoms with van der Waals surface area (Å²) in [5.74, 6) is 0.131. The Morgan fingerprint density at radius 2 is 1.97 bits per heavy atom. The Hall–Kier alpha value is -2.70. The Bertz CT molecular complexity index is 1080. The van der Waals surface area contributed by atoms with E-state index < -0.39 is 0 Å². The number of carbonyl (C=O) groups is 2. The summed E-state index contributed by atoms with van der Waals surface area (Å²) in [5, 5.41) is 9.05. The standard InChI is InChI=1S/C23H22ClN3O2S/c1-13(25-14(2)28)15-6-8-16(9-7-15)21-12-30-23(26-21)27-22(29)20-11-19(20)17-4-3-5-18(24)10-17/h3-10,12-13,19-20H,11H2,1-2H3,(H,25,28)(H,26,27,29). The van der Waals surface area contributed by atoms with Crippen LogP contribution in [0.5, 0.6) is 0 Å². The van der Waals surface area contributed by atoms with Crippen LogP contribution in [-0.2, 0) is 9.59 Å². The molecule has 3 atom stereocenters. The summed E-state index contributed by atoms with van der Waals surface area (Å²) < 4.78 is 0. The van der Waals surface area contributed by atoms with E-state index in [-0.39, 0.29) is 29.7 Å². The fourth-order valence-electron chi connectivity index (χ4n) is 3.58. The molecule has 1 aliphatic carbocycles. The van der Waals surface area contributed by atoms with Crippen molar-refractivity contribution >= 4 is 39.9 Å². The first kappa shape index (κ1) is 20.6. The number of halogens is 1. The van der Waals surface area contributed by atoms with E-state index in [0.29, 0.717) is 10.2 Å².